The van der Waals surface area contributed by atoms with E-state index in [2.05, 4.69) is 10.4 Å². The molecule has 0 unspecified atom stereocenters. The topological polar surface area (TPSA) is 82.2 Å². The number of hydrogen-bond acceptors (Lipinski definition) is 5. The molecule has 1 N–H and O–H groups in total. The summed E-state index contributed by atoms with van der Waals surface area (Å²) in [5.41, 5.74) is -0.434. The summed E-state index contributed by atoms with van der Waals surface area (Å²) in [6.07, 6.45) is 2.88. The van der Waals surface area contributed by atoms with Crippen LogP contribution in [0.3, 0.4) is 0 Å². The molecule has 1 aliphatic rings. The van der Waals surface area contributed by atoms with Gasteiger partial charge < -0.3 is 10.1 Å². The third-order valence-electron chi connectivity index (χ3n) is 3.07. The van der Waals surface area contributed by atoms with Crippen molar-refractivity contribution >= 4 is 5.69 Å². The van der Waals surface area contributed by atoms with E-state index in [0.717, 1.165) is 25.9 Å². The van der Waals surface area contributed by atoms with Crippen molar-refractivity contribution in [1.82, 2.24) is 15.1 Å². The van der Waals surface area contributed by atoms with Crippen LogP contribution in [0.25, 0.3) is 0 Å². The molecule has 0 aliphatic carbocycles. The Morgan fingerprint density at radius 1 is 1.59 bits per heavy atom. The van der Waals surface area contributed by atoms with Crippen LogP contribution >= 0.6 is 0 Å². The average molecular weight is 240 g/mol. The highest BCUT2D eigenvalue weighted by Crippen LogP contribution is 2.32. The Morgan fingerprint density at radius 3 is 2.82 bits per heavy atom. The lowest BCUT2D eigenvalue weighted by Crippen LogP contribution is -2.44. The van der Waals surface area contributed by atoms with Gasteiger partial charge in [0.05, 0.1) is 4.92 Å². The van der Waals surface area contributed by atoms with Gasteiger partial charge >= 0.3 is 5.69 Å². The molecule has 0 spiro atoms. The normalized spacial score (nSPS) is 18.9. The van der Waals surface area contributed by atoms with Crippen LogP contribution < -0.4 is 10.1 Å². The fraction of sp³-hybridized carbons (Fsp3) is 0.700. The van der Waals surface area contributed by atoms with Gasteiger partial charge in [-0.05, 0) is 32.9 Å². The zero-order valence-corrected chi connectivity index (χ0v) is 9.97. The quantitative estimate of drug-likeness (QED) is 0.625. The SMILES string of the molecule is Cn1ncc([N+](=O)[O-])c1OC1(C)CCNCC1. The standard InChI is InChI=1S/C10H16N4O3/c1-10(3-5-11-6-4-10)17-9-8(14(15)16)7-12-13(9)2/h7,11H,3-6H2,1-2H3. The van der Waals surface area contributed by atoms with E-state index in [0.29, 0.717) is 0 Å². The van der Waals surface area contributed by atoms with Crippen LogP contribution in [-0.4, -0.2) is 33.4 Å². The lowest BCUT2D eigenvalue weighted by atomic mass is 9.95. The number of ether oxygens (including phenoxy) is 1. The van der Waals surface area contributed by atoms with Gasteiger partial charge in [0.25, 0.3) is 5.88 Å². The summed E-state index contributed by atoms with van der Waals surface area (Å²) in [7, 11) is 1.65. The highest BCUT2D eigenvalue weighted by molar-refractivity contribution is 5.39. The van der Waals surface area contributed by atoms with Gasteiger partial charge in [-0.15, -0.1) is 0 Å². The summed E-state index contributed by atoms with van der Waals surface area (Å²) < 4.78 is 7.23. The number of aromatic nitrogens is 2. The first-order valence-corrected chi connectivity index (χ1v) is 5.58. The number of rotatable bonds is 3. The van der Waals surface area contributed by atoms with Gasteiger partial charge in [-0.2, -0.15) is 5.10 Å². The van der Waals surface area contributed by atoms with Crippen LogP contribution in [0.1, 0.15) is 19.8 Å². The van der Waals surface area contributed by atoms with Crippen molar-refractivity contribution in [3.63, 3.8) is 0 Å². The highest BCUT2D eigenvalue weighted by Gasteiger charge is 2.33. The smallest absolute Gasteiger partial charge is 0.350 e. The maximum atomic E-state index is 10.8. The summed E-state index contributed by atoms with van der Waals surface area (Å²) in [6, 6.07) is 0. The minimum atomic E-state index is -0.466. The monoisotopic (exact) mass is 240 g/mol. The van der Waals surface area contributed by atoms with E-state index >= 15 is 0 Å². The number of nitrogens with one attached hydrogen (secondary N) is 1. The molecule has 0 saturated carbocycles. The van der Waals surface area contributed by atoms with E-state index in [1.54, 1.807) is 7.05 Å². The second-order valence-electron chi connectivity index (χ2n) is 4.52. The number of hydrogen-bond donors (Lipinski definition) is 1. The molecule has 0 atom stereocenters. The summed E-state index contributed by atoms with van der Waals surface area (Å²) >= 11 is 0. The second-order valence-corrected chi connectivity index (χ2v) is 4.52. The van der Waals surface area contributed by atoms with Gasteiger partial charge in [0, 0.05) is 7.05 Å². The van der Waals surface area contributed by atoms with Crippen molar-refractivity contribution in [3.05, 3.63) is 16.3 Å². The highest BCUT2D eigenvalue weighted by atomic mass is 16.6. The fourth-order valence-corrected chi connectivity index (χ4v) is 1.95. The van der Waals surface area contributed by atoms with Crippen LogP contribution in [0.15, 0.2) is 6.20 Å². The third kappa shape index (κ3) is 2.38. The molecule has 0 radical (unpaired) electrons. The Hall–Kier alpha value is -1.63. The first-order chi connectivity index (χ1) is 8.02. The van der Waals surface area contributed by atoms with E-state index in [1.165, 1.54) is 10.9 Å². The van der Waals surface area contributed by atoms with Crippen LogP contribution in [0.5, 0.6) is 5.88 Å². The van der Waals surface area contributed by atoms with Crippen molar-refractivity contribution in [2.75, 3.05) is 13.1 Å². The lowest BCUT2D eigenvalue weighted by molar-refractivity contribution is -0.386. The lowest BCUT2D eigenvalue weighted by Gasteiger charge is -2.33. The van der Waals surface area contributed by atoms with Crippen molar-refractivity contribution in [2.45, 2.75) is 25.4 Å². The molecule has 1 aromatic rings. The van der Waals surface area contributed by atoms with Crippen LogP contribution in [0.2, 0.25) is 0 Å². The van der Waals surface area contributed by atoms with E-state index in [1.807, 2.05) is 6.92 Å². The van der Waals surface area contributed by atoms with Crippen LogP contribution in [0.4, 0.5) is 5.69 Å². The van der Waals surface area contributed by atoms with E-state index < -0.39 is 4.92 Å². The summed E-state index contributed by atoms with van der Waals surface area (Å²) in [4.78, 5) is 10.4. The van der Waals surface area contributed by atoms with E-state index in [-0.39, 0.29) is 17.2 Å². The molecule has 1 saturated heterocycles. The van der Waals surface area contributed by atoms with Gasteiger partial charge in [-0.1, -0.05) is 0 Å². The third-order valence-corrected chi connectivity index (χ3v) is 3.07. The van der Waals surface area contributed by atoms with Gasteiger partial charge in [-0.3, -0.25) is 10.1 Å². The number of nitro groups is 1. The van der Waals surface area contributed by atoms with E-state index in [9.17, 15) is 10.1 Å². The molecule has 17 heavy (non-hydrogen) atoms. The molecule has 0 amide bonds. The second kappa shape index (κ2) is 4.33. The fourth-order valence-electron chi connectivity index (χ4n) is 1.95. The first-order valence-electron chi connectivity index (χ1n) is 5.58. The number of nitrogens with zero attached hydrogens (tertiary/aromatic N) is 3. The molecule has 1 fully saturated rings. The molecular formula is C10H16N4O3. The molecule has 0 aromatic carbocycles. The Balaban J connectivity index is 2.22. The van der Waals surface area contributed by atoms with Gasteiger partial charge in [0.15, 0.2) is 0 Å². The summed E-state index contributed by atoms with van der Waals surface area (Å²) in [6.45, 7) is 3.70. The zero-order valence-electron chi connectivity index (χ0n) is 9.97. The number of aryl methyl sites for hydroxylation is 1. The first kappa shape index (κ1) is 11.8. The molecule has 2 heterocycles. The molecule has 1 aromatic heterocycles. The average Bonchev–Trinajstić information content (AvgIpc) is 2.61. The van der Waals surface area contributed by atoms with E-state index in [4.69, 9.17) is 4.74 Å². The minimum Gasteiger partial charge on any atom is -0.467 e. The molecular weight excluding hydrogens is 224 g/mol. The Morgan fingerprint density at radius 2 is 2.24 bits per heavy atom. The van der Waals surface area contributed by atoms with Crippen LogP contribution in [0, 0.1) is 10.1 Å². The predicted molar refractivity (Wildman–Crippen MR) is 61.0 cm³/mol. The molecule has 2 rings (SSSR count). The summed E-state index contributed by atoms with van der Waals surface area (Å²) in [5, 5.41) is 17.9. The zero-order chi connectivity index (χ0) is 12.5. The summed E-state index contributed by atoms with van der Waals surface area (Å²) in [5.74, 6) is 0.236. The molecule has 0 bridgehead atoms. The van der Waals surface area contributed by atoms with Gasteiger partial charge in [0.2, 0.25) is 0 Å². The number of piperidine rings is 1. The van der Waals surface area contributed by atoms with Crippen molar-refractivity contribution in [2.24, 2.45) is 7.05 Å². The van der Waals surface area contributed by atoms with Crippen LogP contribution in [-0.2, 0) is 7.05 Å². The predicted octanol–water partition coefficient (Wildman–Crippen LogP) is 0.849. The minimum absolute atomic E-state index is 0.0766. The largest absolute Gasteiger partial charge is 0.467 e. The molecule has 1 aliphatic heterocycles. The maximum Gasteiger partial charge on any atom is 0.350 e. The Labute approximate surface area is 98.9 Å². The van der Waals surface area contributed by atoms with Crippen molar-refractivity contribution in [3.8, 4) is 5.88 Å². The van der Waals surface area contributed by atoms with Gasteiger partial charge in [0.1, 0.15) is 11.8 Å². The Kier molecular flexibility index (Phi) is 3.01. The molecule has 94 valence electrons. The maximum absolute atomic E-state index is 10.8. The molecule has 7 nitrogen and oxygen atoms in total. The Bertz CT molecular complexity index is 423. The van der Waals surface area contributed by atoms with Crippen molar-refractivity contribution < 1.29 is 9.66 Å². The molecule has 7 heteroatoms. The van der Waals surface area contributed by atoms with Gasteiger partial charge in [-0.25, -0.2) is 4.68 Å². The van der Waals surface area contributed by atoms with Crippen molar-refractivity contribution in [1.29, 1.82) is 0 Å².